The van der Waals surface area contributed by atoms with E-state index in [2.05, 4.69) is 10.2 Å². The third-order valence-corrected chi connectivity index (χ3v) is 4.44. The molecule has 26 heavy (non-hydrogen) atoms. The number of carbonyl (C=O) groups is 1. The molecule has 5 nitrogen and oxygen atoms in total. The Bertz CT molecular complexity index is 667. The molecule has 1 aliphatic heterocycles. The Hall–Kier alpha value is -2.53. The van der Waals surface area contributed by atoms with Gasteiger partial charge in [-0.15, -0.1) is 0 Å². The Kier molecular flexibility index (Phi) is 6.90. The zero-order valence-corrected chi connectivity index (χ0v) is 15.0. The second-order valence-electron chi connectivity index (χ2n) is 6.46. The lowest BCUT2D eigenvalue weighted by atomic mass is 10.1. The monoisotopic (exact) mass is 354 g/mol. The number of carbonyl (C=O) groups excluding carboxylic acids is 1. The van der Waals surface area contributed by atoms with Gasteiger partial charge in [-0.05, 0) is 55.8 Å². The summed E-state index contributed by atoms with van der Waals surface area (Å²) in [4.78, 5) is 14.3. The second-order valence-corrected chi connectivity index (χ2v) is 6.46. The molecule has 3 rings (SSSR count). The summed E-state index contributed by atoms with van der Waals surface area (Å²) in [5, 5.41) is 2.72. The molecule has 0 aliphatic carbocycles. The van der Waals surface area contributed by atoms with Crippen molar-refractivity contribution in [3.8, 4) is 5.75 Å². The van der Waals surface area contributed by atoms with Gasteiger partial charge in [-0.25, -0.2) is 4.79 Å². The van der Waals surface area contributed by atoms with Crippen LogP contribution in [0, 0.1) is 0 Å². The molecule has 0 aromatic heterocycles. The van der Waals surface area contributed by atoms with Crippen molar-refractivity contribution in [1.82, 2.24) is 4.90 Å². The van der Waals surface area contributed by atoms with Crippen molar-refractivity contribution in [3.05, 3.63) is 60.2 Å². The van der Waals surface area contributed by atoms with E-state index < -0.39 is 6.09 Å². The van der Waals surface area contributed by atoms with Gasteiger partial charge in [-0.3, -0.25) is 10.2 Å². The van der Waals surface area contributed by atoms with Crippen LogP contribution in [0.4, 0.5) is 10.5 Å². The van der Waals surface area contributed by atoms with E-state index >= 15 is 0 Å². The van der Waals surface area contributed by atoms with Crippen LogP contribution in [0.15, 0.2) is 54.6 Å². The van der Waals surface area contributed by atoms with Gasteiger partial charge in [0.1, 0.15) is 19.0 Å². The molecule has 0 atom stereocenters. The van der Waals surface area contributed by atoms with Gasteiger partial charge in [0, 0.05) is 12.2 Å². The molecule has 138 valence electrons. The number of anilines is 1. The maximum Gasteiger partial charge on any atom is 0.411 e. The molecule has 0 unspecified atom stereocenters. The van der Waals surface area contributed by atoms with E-state index in [0.29, 0.717) is 12.3 Å². The molecule has 1 N–H and O–H groups in total. The maximum atomic E-state index is 11.8. The fourth-order valence-electron chi connectivity index (χ4n) is 2.99. The van der Waals surface area contributed by atoms with E-state index in [1.165, 1.54) is 32.4 Å². The summed E-state index contributed by atoms with van der Waals surface area (Å²) in [5.74, 6) is 0.810. The molecular formula is C21H26N2O3. The Morgan fingerprint density at radius 2 is 1.69 bits per heavy atom. The molecule has 1 heterocycles. The van der Waals surface area contributed by atoms with E-state index in [1.54, 1.807) is 0 Å². The molecule has 1 aliphatic rings. The average molecular weight is 354 g/mol. The Labute approximate surface area is 154 Å². The number of ether oxygens (including phenoxy) is 2. The van der Waals surface area contributed by atoms with Crippen molar-refractivity contribution in [3.63, 3.8) is 0 Å². The molecule has 0 radical (unpaired) electrons. The van der Waals surface area contributed by atoms with Gasteiger partial charge in [0.05, 0.1) is 0 Å². The van der Waals surface area contributed by atoms with Gasteiger partial charge < -0.3 is 9.47 Å². The van der Waals surface area contributed by atoms with Crippen molar-refractivity contribution in [1.29, 1.82) is 0 Å². The number of nitrogens with zero attached hydrogens (tertiary/aromatic N) is 1. The van der Waals surface area contributed by atoms with Gasteiger partial charge in [-0.1, -0.05) is 36.8 Å². The first-order valence-electron chi connectivity index (χ1n) is 9.22. The fourth-order valence-corrected chi connectivity index (χ4v) is 2.99. The number of likely N-dealkylation sites (tertiary alicyclic amines) is 1. The molecule has 0 spiro atoms. The zero-order valence-electron chi connectivity index (χ0n) is 15.0. The number of hydrogen-bond acceptors (Lipinski definition) is 4. The molecule has 2 aromatic rings. The van der Waals surface area contributed by atoms with E-state index in [-0.39, 0.29) is 6.61 Å². The van der Waals surface area contributed by atoms with Gasteiger partial charge in [0.15, 0.2) is 0 Å². The normalized spacial score (nSPS) is 14.6. The van der Waals surface area contributed by atoms with Crippen LogP contribution in [-0.2, 0) is 11.3 Å². The standard InChI is InChI=1S/C21H26N2O3/c24-21(26-17-18-7-3-1-4-8-18)22-19-9-11-20(12-10-19)25-16-15-23-13-5-2-6-14-23/h1,3-4,7-12H,2,5-6,13-17H2,(H,22,24). The minimum Gasteiger partial charge on any atom is -0.492 e. The summed E-state index contributed by atoms with van der Waals surface area (Å²) < 4.78 is 11.0. The molecule has 1 amide bonds. The van der Waals surface area contributed by atoms with Crippen molar-refractivity contribution in [2.24, 2.45) is 0 Å². The number of amides is 1. The van der Waals surface area contributed by atoms with Gasteiger partial charge in [-0.2, -0.15) is 0 Å². The summed E-state index contributed by atoms with van der Waals surface area (Å²) in [6.07, 6.45) is 3.47. The highest BCUT2D eigenvalue weighted by molar-refractivity contribution is 5.84. The predicted octanol–water partition coefficient (Wildman–Crippen LogP) is 4.30. The second kappa shape index (κ2) is 9.82. The maximum absolute atomic E-state index is 11.8. The summed E-state index contributed by atoms with van der Waals surface area (Å²) in [6, 6.07) is 17.0. The average Bonchev–Trinajstić information content (AvgIpc) is 2.69. The van der Waals surface area contributed by atoms with Crippen LogP contribution in [0.3, 0.4) is 0 Å². The van der Waals surface area contributed by atoms with Crippen LogP contribution in [-0.4, -0.2) is 37.2 Å². The van der Waals surface area contributed by atoms with E-state index in [9.17, 15) is 4.79 Å². The quantitative estimate of drug-likeness (QED) is 0.805. The minimum absolute atomic E-state index is 0.254. The Morgan fingerprint density at radius 1 is 0.962 bits per heavy atom. The van der Waals surface area contributed by atoms with Gasteiger partial charge in [0.2, 0.25) is 0 Å². The minimum atomic E-state index is -0.465. The third-order valence-electron chi connectivity index (χ3n) is 4.44. The first-order valence-corrected chi connectivity index (χ1v) is 9.22. The Balaban J connectivity index is 1.37. The predicted molar refractivity (Wildman–Crippen MR) is 102 cm³/mol. The zero-order chi connectivity index (χ0) is 18.0. The topological polar surface area (TPSA) is 50.8 Å². The molecule has 1 fully saturated rings. The van der Waals surface area contributed by atoms with Crippen LogP contribution in [0.1, 0.15) is 24.8 Å². The smallest absolute Gasteiger partial charge is 0.411 e. The Morgan fingerprint density at radius 3 is 2.42 bits per heavy atom. The molecule has 0 saturated carbocycles. The highest BCUT2D eigenvalue weighted by Gasteiger charge is 2.09. The summed E-state index contributed by atoms with van der Waals surface area (Å²) >= 11 is 0. The summed E-state index contributed by atoms with van der Waals surface area (Å²) in [6.45, 7) is 4.26. The van der Waals surface area contributed by atoms with Crippen LogP contribution in [0.25, 0.3) is 0 Å². The summed E-state index contributed by atoms with van der Waals surface area (Å²) in [7, 11) is 0. The summed E-state index contributed by atoms with van der Waals surface area (Å²) in [5.41, 5.74) is 1.64. The highest BCUT2D eigenvalue weighted by atomic mass is 16.5. The van der Waals surface area contributed by atoms with E-state index in [0.717, 1.165) is 17.9 Å². The fraction of sp³-hybridized carbons (Fsp3) is 0.381. The van der Waals surface area contributed by atoms with Crippen LogP contribution in [0.2, 0.25) is 0 Å². The van der Waals surface area contributed by atoms with Crippen molar-refractivity contribution in [2.45, 2.75) is 25.9 Å². The number of piperidine rings is 1. The molecule has 0 bridgehead atoms. The van der Waals surface area contributed by atoms with Crippen LogP contribution >= 0.6 is 0 Å². The van der Waals surface area contributed by atoms with Crippen molar-refractivity contribution >= 4 is 11.8 Å². The molecule has 2 aromatic carbocycles. The van der Waals surface area contributed by atoms with E-state index in [1.807, 2.05) is 54.6 Å². The first kappa shape index (κ1) is 18.3. The van der Waals surface area contributed by atoms with E-state index in [4.69, 9.17) is 9.47 Å². The first-order chi connectivity index (χ1) is 12.8. The van der Waals surface area contributed by atoms with Crippen molar-refractivity contribution in [2.75, 3.05) is 31.6 Å². The van der Waals surface area contributed by atoms with Crippen LogP contribution in [0.5, 0.6) is 5.75 Å². The number of nitrogens with one attached hydrogen (secondary N) is 1. The van der Waals surface area contributed by atoms with Gasteiger partial charge in [0.25, 0.3) is 0 Å². The number of benzene rings is 2. The number of hydrogen-bond donors (Lipinski definition) is 1. The van der Waals surface area contributed by atoms with Gasteiger partial charge >= 0.3 is 6.09 Å². The molecule has 1 saturated heterocycles. The lowest BCUT2D eigenvalue weighted by Gasteiger charge is -2.26. The number of rotatable bonds is 7. The lowest BCUT2D eigenvalue weighted by Crippen LogP contribution is -2.33. The SMILES string of the molecule is O=C(Nc1ccc(OCCN2CCCCC2)cc1)OCc1ccccc1. The molecular weight excluding hydrogens is 328 g/mol. The highest BCUT2D eigenvalue weighted by Crippen LogP contribution is 2.16. The van der Waals surface area contributed by atoms with Crippen molar-refractivity contribution < 1.29 is 14.3 Å². The largest absolute Gasteiger partial charge is 0.492 e. The molecule has 5 heteroatoms. The lowest BCUT2D eigenvalue weighted by molar-refractivity contribution is 0.155. The third kappa shape index (κ3) is 6.08. The van der Waals surface area contributed by atoms with Crippen LogP contribution < -0.4 is 10.1 Å².